The molecule has 0 saturated heterocycles. The van der Waals surface area contributed by atoms with Gasteiger partial charge in [-0.15, -0.1) is 0 Å². The second kappa shape index (κ2) is 11.8. The van der Waals surface area contributed by atoms with E-state index in [0.717, 1.165) is 11.8 Å². The van der Waals surface area contributed by atoms with Crippen LogP contribution in [-0.2, 0) is 14.3 Å². The maximum atomic E-state index is 10.3. The Morgan fingerprint density at radius 2 is 1.93 bits per heavy atom. The highest BCUT2D eigenvalue weighted by atomic mass is 32.2. The Labute approximate surface area is 87.6 Å². The van der Waals surface area contributed by atoms with Crippen molar-refractivity contribution in [3.8, 4) is 0 Å². The van der Waals surface area contributed by atoms with Gasteiger partial charge >= 0.3 is 11.9 Å². The molecule has 0 spiro atoms. The molecule has 0 aromatic carbocycles. The minimum atomic E-state index is -0.981. The van der Waals surface area contributed by atoms with E-state index in [1.807, 2.05) is 6.26 Å². The van der Waals surface area contributed by atoms with Crippen molar-refractivity contribution in [2.45, 2.75) is 0 Å². The molecule has 0 amide bonds. The highest BCUT2D eigenvalue weighted by Crippen LogP contribution is 1.90. The number of thioether (sulfide) groups is 1. The van der Waals surface area contributed by atoms with Gasteiger partial charge < -0.3 is 9.84 Å². The zero-order valence-electron chi connectivity index (χ0n) is 8.06. The maximum Gasteiger partial charge on any atom is 0.330 e. The SMILES string of the molecule is C=CC(=O)O.C=CC(=O)OCCSC. The zero-order chi connectivity index (χ0) is 11.4. The van der Waals surface area contributed by atoms with Crippen LogP contribution in [-0.4, -0.2) is 35.7 Å². The second-order valence-electron chi connectivity index (χ2n) is 1.91. The molecule has 0 aliphatic carbocycles. The Kier molecular flexibility index (Phi) is 12.8. The molecule has 5 heteroatoms. The van der Waals surface area contributed by atoms with E-state index in [4.69, 9.17) is 5.11 Å². The van der Waals surface area contributed by atoms with Crippen LogP contribution in [0.25, 0.3) is 0 Å². The van der Waals surface area contributed by atoms with E-state index >= 15 is 0 Å². The third-order valence-electron chi connectivity index (χ3n) is 0.873. The Morgan fingerprint density at radius 1 is 1.43 bits per heavy atom. The van der Waals surface area contributed by atoms with E-state index in [9.17, 15) is 9.59 Å². The Balaban J connectivity index is 0. The van der Waals surface area contributed by atoms with Gasteiger partial charge in [0.05, 0.1) is 0 Å². The fourth-order valence-electron chi connectivity index (χ4n) is 0.285. The van der Waals surface area contributed by atoms with Crippen molar-refractivity contribution >= 4 is 23.7 Å². The molecule has 0 unspecified atom stereocenters. The molecule has 0 aliphatic heterocycles. The summed E-state index contributed by atoms with van der Waals surface area (Å²) in [6.07, 6.45) is 3.96. The largest absolute Gasteiger partial charge is 0.478 e. The summed E-state index contributed by atoms with van der Waals surface area (Å²) in [7, 11) is 0. The topological polar surface area (TPSA) is 63.6 Å². The minimum Gasteiger partial charge on any atom is -0.478 e. The van der Waals surface area contributed by atoms with Crippen LogP contribution in [0.4, 0.5) is 0 Å². The van der Waals surface area contributed by atoms with Crippen molar-refractivity contribution in [1.82, 2.24) is 0 Å². The number of carboxylic acids is 1. The van der Waals surface area contributed by atoms with Gasteiger partial charge in [-0.25, -0.2) is 9.59 Å². The lowest BCUT2D eigenvalue weighted by atomic mass is 10.6. The highest BCUT2D eigenvalue weighted by molar-refractivity contribution is 7.98. The fourth-order valence-corrected chi connectivity index (χ4v) is 0.535. The number of ether oxygens (including phenoxy) is 1. The molecule has 0 bridgehead atoms. The van der Waals surface area contributed by atoms with E-state index in [0.29, 0.717) is 6.61 Å². The van der Waals surface area contributed by atoms with Gasteiger partial charge in [-0.1, -0.05) is 13.2 Å². The Morgan fingerprint density at radius 3 is 2.21 bits per heavy atom. The van der Waals surface area contributed by atoms with Gasteiger partial charge in [0.25, 0.3) is 0 Å². The average Bonchev–Trinajstić information content (AvgIpc) is 2.19. The lowest BCUT2D eigenvalue weighted by Gasteiger charge is -1.97. The summed E-state index contributed by atoms with van der Waals surface area (Å²) in [4.78, 5) is 19.6. The number of aliphatic carboxylic acids is 1. The van der Waals surface area contributed by atoms with Crippen LogP contribution in [0.5, 0.6) is 0 Å². The molecule has 1 N–H and O–H groups in total. The van der Waals surface area contributed by atoms with Gasteiger partial charge in [0.1, 0.15) is 6.61 Å². The van der Waals surface area contributed by atoms with Crippen LogP contribution in [0, 0.1) is 0 Å². The molecule has 0 rings (SSSR count). The van der Waals surface area contributed by atoms with E-state index in [1.165, 1.54) is 6.08 Å². The highest BCUT2D eigenvalue weighted by Gasteiger charge is 1.91. The van der Waals surface area contributed by atoms with E-state index in [-0.39, 0.29) is 5.97 Å². The van der Waals surface area contributed by atoms with E-state index in [2.05, 4.69) is 17.9 Å². The van der Waals surface area contributed by atoms with Gasteiger partial charge in [0.2, 0.25) is 0 Å². The third-order valence-corrected chi connectivity index (χ3v) is 1.45. The molecule has 0 fully saturated rings. The fraction of sp³-hybridized carbons (Fsp3) is 0.333. The number of carbonyl (C=O) groups is 2. The molecular formula is C9H14O4S. The standard InChI is InChI=1S/C6H10O2S.C3H4O2/c1-3-6(7)8-4-5-9-2;1-2-3(4)5/h3H,1,4-5H2,2H3;2H,1H2,(H,4,5). The van der Waals surface area contributed by atoms with Crippen molar-refractivity contribution in [1.29, 1.82) is 0 Å². The number of carbonyl (C=O) groups excluding carboxylic acids is 1. The predicted octanol–water partition coefficient (Wildman–Crippen LogP) is 1.34. The van der Waals surface area contributed by atoms with Crippen LogP contribution in [0.2, 0.25) is 0 Å². The molecule has 4 nitrogen and oxygen atoms in total. The van der Waals surface area contributed by atoms with Crippen LogP contribution in [0.1, 0.15) is 0 Å². The Bertz CT molecular complexity index is 201. The van der Waals surface area contributed by atoms with Crippen molar-refractivity contribution in [2.24, 2.45) is 0 Å². The first-order valence-electron chi connectivity index (χ1n) is 3.72. The van der Waals surface area contributed by atoms with Crippen LogP contribution in [0.15, 0.2) is 25.3 Å². The second-order valence-corrected chi connectivity index (χ2v) is 2.89. The smallest absolute Gasteiger partial charge is 0.330 e. The van der Waals surface area contributed by atoms with Crippen LogP contribution >= 0.6 is 11.8 Å². The summed E-state index contributed by atoms with van der Waals surface area (Å²) >= 11 is 1.64. The number of rotatable bonds is 5. The molecule has 0 atom stereocenters. The summed E-state index contributed by atoms with van der Waals surface area (Å²) < 4.78 is 4.65. The molecule has 0 aromatic rings. The molecular weight excluding hydrogens is 204 g/mol. The summed E-state index contributed by atoms with van der Waals surface area (Å²) in [6.45, 7) is 6.70. The first kappa shape index (κ1) is 15.3. The normalized spacial score (nSPS) is 7.79. The number of esters is 1. The molecule has 0 radical (unpaired) electrons. The van der Waals surface area contributed by atoms with Crippen molar-refractivity contribution in [2.75, 3.05) is 18.6 Å². The molecule has 80 valence electrons. The third kappa shape index (κ3) is 17.0. The minimum absolute atomic E-state index is 0.343. The zero-order valence-corrected chi connectivity index (χ0v) is 8.88. The van der Waals surface area contributed by atoms with Crippen molar-refractivity contribution in [3.63, 3.8) is 0 Å². The van der Waals surface area contributed by atoms with Crippen molar-refractivity contribution in [3.05, 3.63) is 25.3 Å². The van der Waals surface area contributed by atoms with Gasteiger partial charge in [-0.05, 0) is 6.26 Å². The van der Waals surface area contributed by atoms with Crippen LogP contribution in [0.3, 0.4) is 0 Å². The van der Waals surface area contributed by atoms with Gasteiger partial charge in [0.15, 0.2) is 0 Å². The average molecular weight is 218 g/mol. The van der Waals surface area contributed by atoms with Gasteiger partial charge in [-0.3, -0.25) is 0 Å². The lowest BCUT2D eigenvalue weighted by Crippen LogP contribution is -2.02. The van der Waals surface area contributed by atoms with Gasteiger partial charge in [-0.2, -0.15) is 11.8 Å². The Hall–Kier alpha value is -1.23. The lowest BCUT2D eigenvalue weighted by molar-refractivity contribution is -0.137. The van der Waals surface area contributed by atoms with E-state index < -0.39 is 5.97 Å². The molecule has 0 heterocycles. The molecule has 0 aromatic heterocycles. The quantitative estimate of drug-likeness (QED) is 0.428. The maximum absolute atomic E-state index is 10.3. The summed E-state index contributed by atoms with van der Waals surface area (Å²) in [5.41, 5.74) is 0. The first-order chi connectivity index (χ1) is 6.58. The number of hydrogen-bond donors (Lipinski definition) is 1. The first-order valence-corrected chi connectivity index (χ1v) is 5.11. The predicted molar refractivity (Wildman–Crippen MR) is 57.4 cm³/mol. The van der Waals surface area contributed by atoms with Crippen LogP contribution < -0.4 is 0 Å². The number of hydrogen-bond acceptors (Lipinski definition) is 4. The summed E-state index contributed by atoms with van der Waals surface area (Å²) in [6, 6.07) is 0. The van der Waals surface area contributed by atoms with Crippen molar-refractivity contribution < 1.29 is 19.4 Å². The molecule has 0 aliphatic rings. The summed E-state index contributed by atoms with van der Waals surface area (Å²) in [5, 5.41) is 7.60. The summed E-state index contributed by atoms with van der Waals surface area (Å²) in [5.74, 6) is -0.478. The molecule has 14 heavy (non-hydrogen) atoms. The monoisotopic (exact) mass is 218 g/mol. The van der Waals surface area contributed by atoms with Gasteiger partial charge in [0, 0.05) is 17.9 Å². The molecule has 0 saturated carbocycles. The van der Waals surface area contributed by atoms with E-state index in [1.54, 1.807) is 11.8 Å². The number of carboxylic acid groups (broad SMARTS) is 1.